The molecule has 0 unspecified atom stereocenters. The smallest absolute Gasteiger partial charge is 0.254 e. The fourth-order valence-corrected chi connectivity index (χ4v) is 4.76. The quantitative estimate of drug-likeness (QED) is 0.505. The van der Waals surface area contributed by atoms with Gasteiger partial charge in [0.1, 0.15) is 5.03 Å². The molecule has 9 heteroatoms. The first-order chi connectivity index (χ1) is 13.2. The number of hydrogen-bond acceptors (Lipinski definition) is 4. The number of amides is 1. The van der Waals surface area contributed by atoms with Gasteiger partial charge in [0.2, 0.25) is 11.8 Å². The lowest BCUT2D eigenvalue weighted by Gasteiger charge is -2.43. The van der Waals surface area contributed by atoms with Crippen LogP contribution in [0.1, 0.15) is 51.4 Å². The van der Waals surface area contributed by atoms with Gasteiger partial charge in [-0.1, -0.05) is 19.3 Å². The SMILES string of the molecule is NSc1cc(NC(=O)[C@@H]2CC(F)(F)CC[C@H]2C(F)(F)C2CCCCC2)ccn1. The minimum absolute atomic E-state index is 0.307. The van der Waals surface area contributed by atoms with Crippen LogP contribution in [0.5, 0.6) is 0 Å². The van der Waals surface area contributed by atoms with Crippen LogP contribution in [0.2, 0.25) is 0 Å². The van der Waals surface area contributed by atoms with Crippen LogP contribution in [-0.4, -0.2) is 22.7 Å². The molecule has 0 saturated heterocycles. The standard InChI is InChI=1S/C19H25F4N3OS/c20-18(21)8-6-15(19(22,23)12-4-2-1-3-5-12)14(11-18)17(27)26-13-7-9-25-16(10-13)28-24/h7,9-10,12,14-15H,1-6,8,11,24H2,(H,25,26,27)/t14-,15-/m1/s1. The maximum Gasteiger partial charge on any atom is 0.254 e. The first-order valence-electron chi connectivity index (χ1n) is 9.62. The van der Waals surface area contributed by atoms with Gasteiger partial charge >= 0.3 is 0 Å². The lowest BCUT2D eigenvalue weighted by molar-refractivity contribution is -0.178. The summed E-state index contributed by atoms with van der Waals surface area (Å²) in [5.74, 6) is -10.7. The first-order valence-corrected chi connectivity index (χ1v) is 10.5. The van der Waals surface area contributed by atoms with Gasteiger partial charge in [-0.15, -0.1) is 0 Å². The molecule has 1 amide bonds. The molecule has 0 aromatic carbocycles. The predicted molar refractivity (Wildman–Crippen MR) is 100 cm³/mol. The zero-order valence-electron chi connectivity index (χ0n) is 15.5. The highest BCUT2D eigenvalue weighted by atomic mass is 32.2. The molecule has 2 atom stereocenters. The number of nitrogens with zero attached hydrogens (tertiary/aromatic N) is 1. The third-order valence-corrected chi connectivity index (χ3v) is 6.39. The van der Waals surface area contributed by atoms with E-state index in [0.29, 0.717) is 23.6 Å². The van der Waals surface area contributed by atoms with Crippen LogP contribution >= 0.6 is 11.9 Å². The molecule has 1 aromatic rings. The topological polar surface area (TPSA) is 68.0 Å². The van der Waals surface area contributed by atoms with Crippen molar-refractivity contribution in [1.29, 1.82) is 0 Å². The Labute approximate surface area is 166 Å². The first kappa shape index (κ1) is 21.4. The molecule has 0 radical (unpaired) electrons. The average Bonchev–Trinajstić information content (AvgIpc) is 2.68. The Balaban J connectivity index is 1.81. The number of hydrogen-bond donors (Lipinski definition) is 2. The second-order valence-corrected chi connectivity index (χ2v) is 8.47. The number of carbonyl (C=O) groups excluding carboxylic acids is 1. The number of anilines is 1. The molecule has 28 heavy (non-hydrogen) atoms. The minimum atomic E-state index is -3.13. The van der Waals surface area contributed by atoms with Gasteiger partial charge in [0, 0.05) is 36.6 Å². The molecule has 1 aromatic heterocycles. The highest BCUT2D eigenvalue weighted by molar-refractivity contribution is 7.97. The Morgan fingerprint density at radius 2 is 1.96 bits per heavy atom. The van der Waals surface area contributed by atoms with Crippen molar-refractivity contribution in [2.75, 3.05) is 5.32 Å². The van der Waals surface area contributed by atoms with Crippen LogP contribution in [-0.2, 0) is 4.79 Å². The number of halogens is 4. The number of aromatic nitrogens is 1. The summed E-state index contributed by atoms with van der Waals surface area (Å²) in [4.78, 5) is 16.7. The van der Waals surface area contributed by atoms with Crippen LogP contribution in [0.15, 0.2) is 23.4 Å². The van der Waals surface area contributed by atoms with Crippen LogP contribution in [0, 0.1) is 17.8 Å². The maximum atomic E-state index is 15.3. The maximum absolute atomic E-state index is 15.3. The van der Waals surface area contributed by atoms with E-state index < -0.39 is 48.3 Å². The van der Waals surface area contributed by atoms with E-state index in [-0.39, 0.29) is 6.42 Å². The zero-order valence-corrected chi connectivity index (χ0v) is 16.3. The third kappa shape index (κ3) is 4.79. The molecule has 2 aliphatic rings. The van der Waals surface area contributed by atoms with Crippen molar-refractivity contribution < 1.29 is 22.4 Å². The lowest BCUT2D eigenvalue weighted by atomic mass is 9.68. The summed E-state index contributed by atoms with van der Waals surface area (Å²) < 4.78 is 58.6. The number of pyridine rings is 1. The number of carbonyl (C=O) groups is 1. The predicted octanol–water partition coefficient (Wildman–Crippen LogP) is 5.25. The molecule has 2 saturated carbocycles. The monoisotopic (exact) mass is 419 g/mol. The Bertz CT molecular complexity index is 698. The number of rotatable bonds is 5. The summed E-state index contributed by atoms with van der Waals surface area (Å²) in [7, 11) is 0. The van der Waals surface area contributed by atoms with Crippen LogP contribution in [0.4, 0.5) is 23.2 Å². The highest BCUT2D eigenvalue weighted by Crippen LogP contribution is 2.51. The summed E-state index contributed by atoms with van der Waals surface area (Å²) in [5, 5.41) is 8.37. The second-order valence-electron chi connectivity index (χ2n) is 7.81. The average molecular weight is 419 g/mol. The van der Waals surface area contributed by atoms with Gasteiger partial charge in [-0.05, 0) is 43.3 Å². The second kappa shape index (κ2) is 8.57. The molecule has 2 fully saturated rings. The molecule has 0 aliphatic heterocycles. The normalized spacial score (nSPS) is 26.0. The van der Waals surface area contributed by atoms with Gasteiger partial charge in [0.25, 0.3) is 5.92 Å². The lowest BCUT2D eigenvalue weighted by Crippen LogP contribution is -2.49. The molecular formula is C19H25F4N3OS. The van der Waals surface area contributed by atoms with Gasteiger partial charge in [0.15, 0.2) is 0 Å². The van der Waals surface area contributed by atoms with Gasteiger partial charge in [-0.25, -0.2) is 22.5 Å². The van der Waals surface area contributed by atoms with Crippen molar-refractivity contribution in [3.8, 4) is 0 Å². The molecule has 3 rings (SSSR count). The van der Waals surface area contributed by atoms with Crippen LogP contribution in [0.3, 0.4) is 0 Å². The van der Waals surface area contributed by atoms with Crippen molar-refractivity contribution in [2.24, 2.45) is 22.9 Å². The third-order valence-electron chi connectivity index (χ3n) is 5.93. The van der Waals surface area contributed by atoms with Gasteiger partial charge < -0.3 is 5.32 Å². The van der Waals surface area contributed by atoms with E-state index in [9.17, 15) is 13.6 Å². The summed E-state index contributed by atoms with van der Waals surface area (Å²) >= 11 is 0.867. The van der Waals surface area contributed by atoms with E-state index >= 15 is 8.78 Å². The fraction of sp³-hybridized carbons (Fsp3) is 0.684. The molecule has 2 aliphatic carbocycles. The van der Waals surface area contributed by atoms with Crippen molar-refractivity contribution in [1.82, 2.24) is 4.98 Å². The summed E-state index contributed by atoms with van der Waals surface area (Å²) in [5.41, 5.74) is 0.307. The van der Waals surface area contributed by atoms with Crippen molar-refractivity contribution in [2.45, 2.75) is 68.2 Å². The van der Waals surface area contributed by atoms with E-state index in [1.54, 1.807) is 0 Å². The number of alkyl halides is 4. The van der Waals surface area contributed by atoms with Crippen molar-refractivity contribution in [3.05, 3.63) is 18.3 Å². The Morgan fingerprint density at radius 3 is 2.64 bits per heavy atom. The number of nitrogens with one attached hydrogen (secondary N) is 1. The Kier molecular flexibility index (Phi) is 6.54. The minimum Gasteiger partial charge on any atom is -0.326 e. The summed E-state index contributed by atoms with van der Waals surface area (Å²) in [6.07, 6.45) is 2.73. The summed E-state index contributed by atoms with van der Waals surface area (Å²) in [6, 6.07) is 2.96. The van der Waals surface area contributed by atoms with Crippen LogP contribution < -0.4 is 10.5 Å². The van der Waals surface area contributed by atoms with Crippen LogP contribution in [0.25, 0.3) is 0 Å². The van der Waals surface area contributed by atoms with Crippen molar-refractivity contribution in [3.63, 3.8) is 0 Å². The van der Waals surface area contributed by atoms with Crippen molar-refractivity contribution >= 4 is 23.5 Å². The molecule has 0 bridgehead atoms. The van der Waals surface area contributed by atoms with E-state index in [1.165, 1.54) is 18.3 Å². The molecule has 156 valence electrons. The molecular weight excluding hydrogens is 394 g/mol. The van der Waals surface area contributed by atoms with Gasteiger partial charge in [0.05, 0.1) is 5.92 Å². The largest absolute Gasteiger partial charge is 0.326 e. The molecule has 4 nitrogen and oxygen atoms in total. The zero-order chi connectivity index (χ0) is 20.4. The van der Waals surface area contributed by atoms with E-state index in [4.69, 9.17) is 5.14 Å². The van der Waals surface area contributed by atoms with Gasteiger partial charge in [-0.2, -0.15) is 0 Å². The Morgan fingerprint density at radius 1 is 1.25 bits per heavy atom. The van der Waals surface area contributed by atoms with E-state index in [2.05, 4.69) is 10.3 Å². The molecule has 3 N–H and O–H groups in total. The summed E-state index contributed by atoms with van der Waals surface area (Å²) in [6.45, 7) is 0. The van der Waals surface area contributed by atoms with E-state index in [1.807, 2.05) is 0 Å². The van der Waals surface area contributed by atoms with E-state index in [0.717, 1.165) is 31.2 Å². The fourth-order valence-electron chi connectivity index (χ4n) is 4.45. The highest BCUT2D eigenvalue weighted by Gasteiger charge is 2.56. The van der Waals surface area contributed by atoms with Gasteiger partial charge in [-0.3, -0.25) is 9.93 Å². The number of nitrogens with two attached hydrogens (primary N) is 1. The molecule has 1 heterocycles. The Hall–Kier alpha value is -1.35. The molecule has 0 spiro atoms.